The van der Waals surface area contributed by atoms with Crippen molar-refractivity contribution in [2.24, 2.45) is 0 Å². The Hall–Kier alpha value is -4.39. The van der Waals surface area contributed by atoms with E-state index >= 15 is 0 Å². The van der Waals surface area contributed by atoms with Gasteiger partial charge in [0.25, 0.3) is 11.8 Å². The molecule has 0 unspecified atom stereocenters. The molecule has 2 saturated heterocycles. The highest BCUT2D eigenvalue weighted by Gasteiger charge is 2.25. The Balaban J connectivity index is 0.00000139. The fourth-order valence-electron chi connectivity index (χ4n) is 6.08. The van der Waals surface area contributed by atoms with E-state index in [0.717, 1.165) is 56.5 Å². The smallest absolute Gasteiger partial charge is 0.335 e. The van der Waals surface area contributed by atoms with Crippen LogP contribution in [-0.2, 0) is 24.7 Å². The number of piperidine rings is 1. The molecule has 3 heterocycles. The third kappa shape index (κ3) is 8.91. The highest BCUT2D eigenvalue weighted by molar-refractivity contribution is 7.51. The second-order valence-electron chi connectivity index (χ2n) is 12.0. The van der Waals surface area contributed by atoms with Gasteiger partial charge < -0.3 is 19.4 Å². The summed E-state index contributed by atoms with van der Waals surface area (Å²) in [6, 6.07) is 20.7. The Labute approximate surface area is 277 Å². The van der Waals surface area contributed by atoms with Crippen LogP contribution in [-0.4, -0.2) is 87.4 Å². The minimum Gasteiger partial charge on any atom is -0.494 e. The van der Waals surface area contributed by atoms with Crippen LogP contribution in [0.25, 0.3) is 11.0 Å². The topological polar surface area (TPSA) is 112 Å². The van der Waals surface area contributed by atoms with Gasteiger partial charge in [-0.05, 0) is 67.3 Å². The van der Waals surface area contributed by atoms with Gasteiger partial charge in [-0.25, -0.2) is 4.39 Å². The standard InChI is InChI=1S/C35H39FN4O4.O2S/c1-24-3-5-25(6-4-24)22-39-15-17-40(18-16-39)35(42)27-8-10-31-28(20-27)21-33(44-31)34(41)37-29-11-13-38(14-12-29)23-26-7-9-30(36)32(19-26)43-2;1-3-2/h3-10,19-21,29H,11-18,22-23H2,1-2H3,(H,37,41);. The van der Waals surface area contributed by atoms with E-state index in [0.29, 0.717) is 30.8 Å². The number of nitrogens with zero attached hydrogens (tertiary/aromatic N) is 3. The van der Waals surface area contributed by atoms with Gasteiger partial charge in [-0.1, -0.05) is 35.9 Å². The molecule has 3 aromatic carbocycles. The van der Waals surface area contributed by atoms with Crippen LogP contribution >= 0.6 is 0 Å². The summed E-state index contributed by atoms with van der Waals surface area (Å²) in [5, 5.41) is 3.85. The van der Waals surface area contributed by atoms with Crippen molar-refractivity contribution in [1.29, 1.82) is 0 Å². The molecular weight excluding hydrogens is 623 g/mol. The number of piperazine rings is 1. The second-order valence-corrected chi connectivity index (χ2v) is 12.1. The van der Waals surface area contributed by atoms with Crippen LogP contribution in [0.4, 0.5) is 4.39 Å². The minimum absolute atomic E-state index is 0.0000662. The molecule has 0 radical (unpaired) electrons. The number of methoxy groups -OCH3 is 1. The Morgan fingerprint density at radius 3 is 2.19 bits per heavy atom. The van der Waals surface area contributed by atoms with Gasteiger partial charge in [-0.3, -0.25) is 19.4 Å². The molecule has 47 heavy (non-hydrogen) atoms. The number of likely N-dealkylation sites (tertiary alicyclic amines) is 1. The molecule has 2 fully saturated rings. The summed E-state index contributed by atoms with van der Waals surface area (Å²) in [7, 11) is 1.47. The maximum atomic E-state index is 13.7. The number of benzene rings is 3. The highest BCUT2D eigenvalue weighted by Crippen LogP contribution is 2.24. The Bertz CT molecular complexity index is 1720. The van der Waals surface area contributed by atoms with Gasteiger partial charge in [0.1, 0.15) is 5.58 Å². The molecule has 0 aliphatic carbocycles. The molecule has 12 heteroatoms. The molecule has 2 aliphatic rings. The predicted octanol–water partition coefficient (Wildman–Crippen LogP) is 4.57. The van der Waals surface area contributed by atoms with Gasteiger partial charge in [0.2, 0.25) is 0 Å². The van der Waals surface area contributed by atoms with Crippen LogP contribution in [0.15, 0.2) is 71.1 Å². The summed E-state index contributed by atoms with van der Waals surface area (Å²) in [5.74, 6) is -0.121. The average molecular weight is 663 g/mol. The molecule has 1 aromatic heterocycles. The van der Waals surface area contributed by atoms with E-state index < -0.39 is 11.6 Å². The third-order valence-electron chi connectivity index (χ3n) is 8.72. The van der Waals surface area contributed by atoms with E-state index in [1.54, 1.807) is 30.3 Å². The molecular formula is C35H39FN4O6S. The van der Waals surface area contributed by atoms with Crippen molar-refractivity contribution in [2.75, 3.05) is 46.4 Å². The number of furan rings is 1. The van der Waals surface area contributed by atoms with Gasteiger partial charge in [-0.2, -0.15) is 8.42 Å². The lowest BCUT2D eigenvalue weighted by atomic mass is 10.0. The number of hydrogen-bond donors (Lipinski definition) is 1. The number of amides is 2. The molecule has 4 aromatic rings. The normalized spacial score (nSPS) is 15.9. The van der Waals surface area contributed by atoms with Gasteiger partial charge in [-0.15, -0.1) is 0 Å². The lowest BCUT2D eigenvalue weighted by molar-refractivity contribution is 0.0628. The van der Waals surface area contributed by atoms with Crippen molar-refractivity contribution in [1.82, 2.24) is 20.0 Å². The fourth-order valence-corrected chi connectivity index (χ4v) is 6.08. The number of fused-ring (bicyclic) bond motifs is 1. The molecule has 6 rings (SSSR count). The number of nitrogens with one attached hydrogen (secondary N) is 1. The molecule has 0 bridgehead atoms. The summed E-state index contributed by atoms with van der Waals surface area (Å²) in [5.41, 5.74) is 4.72. The van der Waals surface area contributed by atoms with Crippen molar-refractivity contribution in [3.05, 3.63) is 101 Å². The van der Waals surface area contributed by atoms with Crippen LogP contribution in [0.3, 0.4) is 0 Å². The summed E-state index contributed by atoms with van der Waals surface area (Å²) in [6.45, 7) is 8.33. The maximum Gasteiger partial charge on any atom is 0.335 e. The van der Waals surface area contributed by atoms with Crippen molar-refractivity contribution < 1.29 is 31.6 Å². The SMILES string of the molecule is COc1cc(CN2CCC(NC(=O)c3cc4cc(C(=O)N5CCN(Cc6ccc(C)cc6)CC5)ccc4o3)CC2)ccc1F.O=S=O. The Kier molecular flexibility index (Phi) is 11.5. The van der Waals surface area contributed by atoms with Gasteiger partial charge in [0, 0.05) is 69.3 Å². The summed E-state index contributed by atoms with van der Waals surface area (Å²) in [4.78, 5) is 32.9. The first-order chi connectivity index (χ1) is 22.8. The fraction of sp³-hybridized carbons (Fsp3) is 0.371. The van der Waals surface area contributed by atoms with Crippen molar-refractivity contribution >= 4 is 34.4 Å². The Morgan fingerprint density at radius 1 is 0.872 bits per heavy atom. The quantitative estimate of drug-likeness (QED) is 0.292. The van der Waals surface area contributed by atoms with E-state index in [2.05, 4.69) is 46.3 Å². The monoisotopic (exact) mass is 662 g/mol. The number of rotatable bonds is 8. The number of carbonyl (C=O) groups is 2. The van der Waals surface area contributed by atoms with E-state index in [1.165, 1.54) is 24.3 Å². The highest BCUT2D eigenvalue weighted by atomic mass is 32.1. The number of carbonyl (C=O) groups excluding carboxylic acids is 2. The minimum atomic E-state index is -0.750. The van der Waals surface area contributed by atoms with E-state index in [-0.39, 0.29) is 35.2 Å². The van der Waals surface area contributed by atoms with Crippen LogP contribution < -0.4 is 10.1 Å². The lowest BCUT2D eigenvalue weighted by Crippen LogP contribution is -2.48. The molecule has 0 saturated carbocycles. The molecule has 248 valence electrons. The zero-order valence-corrected chi connectivity index (χ0v) is 27.4. The van der Waals surface area contributed by atoms with Gasteiger partial charge in [0.05, 0.1) is 7.11 Å². The number of aryl methyl sites for hydroxylation is 1. The second kappa shape index (κ2) is 15.9. The molecule has 2 aliphatic heterocycles. The van der Waals surface area contributed by atoms with Crippen molar-refractivity contribution in [3.8, 4) is 5.75 Å². The van der Waals surface area contributed by atoms with Crippen LogP contribution in [0.1, 0.15) is 50.4 Å². The third-order valence-corrected chi connectivity index (χ3v) is 8.72. The maximum absolute atomic E-state index is 13.7. The summed E-state index contributed by atoms with van der Waals surface area (Å²) >= 11 is -0.750. The number of ether oxygens (including phenoxy) is 1. The molecule has 1 N–H and O–H groups in total. The zero-order valence-electron chi connectivity index (χ0n) is 26.6. The van der Waals surface area contributed by atoms with E-state index in [1.807, 2.05) is 11.0 Å². The lowest BCUT2D eigenvalue weighted by Gasteiger charge is -2.34. The first-order valence-electron chi connectivity index (χ1n) is 15.6. The predicted molar refractivity (Wildman–Crippen MR) is 176 cm³/mol. The van der Waals surface area contributed by atoms with Gasteiger partial charge in [0.15, 0.2) is 17.3 Å². The van der Waals surface area contributed by atoms with E-state index in [4.69, 9.17) is 17.6 Å². The Morgan fingerprint density at radius 2 is 1.51 bits per heavy atom. The first-order valence-corrected chi connectivity index (χ1v) is 16.3. The summed E-state index contributed by atoms with van der Waals surface area (Å²) < 4.78 is 41.3. The first kappa shape index (κ1) is 34.0. The molecule has 2 amide bonds. The molecule has 0 atom stereocenters. The molecule has 10 nitrogen and oxygen atoms in total. The van der Waals surface area contributed by atoms with Gasteiger partial charge >= 0.3 is 11.6 Å². The number of halogens is 1. The van der Waals surface area contributed by atoms with Crippen molar-refractivity contribution in [3.63, 3.8) is 0 Å². The van der Waals surface area contributed by atoms with E-state index in [9.17, 15) is 14.0 Å². The molecule has 0 spiro atoms. The average Bonchev–Trinajstić information content (AvgIpc) is 3.52. The van der Waals surface area contributed by atoms with Crippen LogP contribution in [0.5, 0.6) is 5.75 Å². The summed E-state index contributed by atoms with van der Waals surface area (Å²) in [6.07, 6.45) is 1.61. The number of hydrogen-bond acceptors (Lipinski definition) is 8. The van der Waals surface area contributed by atoms with Crippen LogP contribution in [0, 0.1) is 12.7 Å². The largest absolute Gasteiger partial charge is 0.494 e. The van der Waals surface area contributed by atoms with Crippen molar-refractivity contribution in [2.45, 2.75) is 38.9 Å². The zero-order chi connectivity index (χ0) is 33.3. The van der Waals surface area contributed by atoms with Crippen LogP contribution in [0.2, 0.25) is 0 Å².